The van der Waals surface area contributed by atoms with E-state index in [-0.39, 0.29) is 17.3 Å². The van der Waals surface area contributed by atoms with Gasteiger partial charge in [-0.05, 0) is 32.1 Å². The van der Waals surface area contributed by atoms with Gasteiger partial charge in [-0.3, -0.25) is 4.79 Å². The van der Waals surface area contributed by atoms with E-state index in [0.29, 0.717) is 13.0 Å². The van der Waals surface area contributed by atoms with E-state index in [9.17, 15) is 4.79 Å². The number of terminal acetylenes is 1. The highest BCUT2D eigenvalue weighted by Gasteiger charge is 2.44. The molecule has 2 atom stereocenters. The number of carbonyl (C=O) groups excluding carboxylic acids is 1. The summed E-state index contributed by atoms with van der Waals surface area (Å²) in [7, 11) is 0. The first kappa shape index (κ1) is 11.6. The summed E-state index contributed by atoms with van der Waals surface area (Å²) in [6, 6.07) is -0.481. The van der Waals surface area contributed by atoms with Crippen molar-refractivity contribution >= 4 is 5.78 Å². The molecule has 1 aliphatic heterocycles. The van der Waals surface area contributed by atoms with Gasteiger partial charge in [0.05, 0.1) is 11.6 Å². The normalized spacial score (nSPS) is 29.1. The van der Waals surface area contributed by atoms with Crippen LogP contribution in [0.4, 0.5) is 0 Å². The maximum atomic E-state index is 12.0. The van der Waals surface area contributed by atoms with Crippen LogP contribution in [0.25, 0.3) is 0 Å². The molecule has 1 heterocycles. The lowest BCUT2D eigenvalue weighted by Crippen LogP contribution is -2.49. The second-order valence-corrected chi connectivity index (χ2v) is 4.99. The van der Waals surface area contributed by atoms with E-state index in [1.54, 1.807) is 0 Å². The van der Waals surface area contributed by atoms with Gasteiger partial charge in [-0.25, -0.2) is 0 Å². The average molecular weight is 221 g/mol. The molecule has 1 aliphatic carbocycles. The van der Waals surface area contributed by atoms with Crippen LogP contribution in [-0.2, 0) is 9.53 Å². The van der Waals surface area contributed by atoms with E-state index in [1.165, 1.54) is 6.42 Å². The van der Waals surface area contributed by atoms with Gasteiger partial charge in [0.1, 0.15) is 0 Å². The Hall–Kier alpha value is -0.850. The second kappa shape index (κ2) is 4.57. The molecule has 1 spiro atoms. The van der Waals surface area contributed by atoms with Crippen LogP contribution in [0.1, 0.15) is 38.5 Å². The molecule has 1 saturated heterocycles. The Morgan fingerprint density at radius 1 is 1.62 bits per heavy atom. The summed E-state index contributed by atoms with van der Waals surface area (Å²) in [6.07, 6.45) is 10.6. The lowest BCUT2D eigenvalue weighted by Gasteiger charge is -2.47. The molecule has 2 fully saturated rings. The molecule has 0 aromatic rings. The molecule has 0 aromatic carbocycles. The second-order valence-electron chi connectivity index (χ2n) is 4.99. The van der Waals surface area contributed by atoms with E-state index in [0.717, 1.165) is 25.7 Å². The minimum absolute atomic E-state index is 0.00837. The zero-order chi connectivity index (χ0) is 11.6. The van der Waals surface area contributed by atoms with E-state index < -0.39 is 6.04 Å². The molecule has 2 aliphatic rings. The highest BCUT2D eigenvalue weighted by atomic mass is 16.5. The first-order chi connectivity index (χ1) is 7.67. The molecule has 3 nitrogen and oxygen atoms in total. The van der Waals surface area contributed by atoms with Gasteiger partial charge in [0, 0.05) is 18.9 Å². The average Bonchev–Trinajstić information content (AvgIpc) is 2.26. The Bertz CT molecular complexity index is 314. The van der Waals surface area contributed by atoms with Crippen molar-refractivity contribution in [3.8, 4) is 12.3 Å². The number of carbonyl (C=O) groups is 1. The van der Waals surface area contributed by atoms with Gasteiger partial charge < -0.3 is 10.5 Å². The summed E-state index contributed by atoms with van der Waals surface area (Å²) in [5.41, 5.74) is 5.78. The highest BCUT2D eigenvalue weighted by molar-refractivity contribution is 5.86. The van der Waals surface area contributed by atoms with Gasteiger partial charge >= 0.3 is 0 Å². The molecular weight excluding hydrogens is 202 g/mol. The van der Waals surface area contributed by atoms with E-state index in [2.05, 4.69) is 5.92 Å². The monoisotopic (exact) mass is 221 g/mol. The van der Waals surface area contributed by atoms with E-state index >= 15 is 0 Å². The van der Waals surface area contributed by atoms with Crippen molar-refractivity contribution in [2.45, 2.75) is 50.2 Å². The molecule has 0 amide bonds. The number of ketones is 1. The Balaban J connectivity index is 1.94. The summed E-state index contributed by atoms with van der Waals surface area (Å²) < 4.78 is 5.79. The Morgan fingerprint density at radius 3 is 2.94 bits per heavy atom. The number of ether oxygens (including phenoxy) is 1. The largest absolute Gasteiger partial charge is 0.375 e. The van der Waals surface area contributed by atoms with Gasteiger partial charge in [0.25, 0.3) is 0 Å². The molecule has 88 valence electrons. The summed E-state index contributed by atoms with van der Waals surface area (Å²) in [4.78, 5) is 12.0. The third-order valence-electron chi connectivity index (χ3n) is 3.86. The first-order valence-electron chi connectivity index (χ1n) is 6.04. The minimum atomic E-state index is -0.481. The van der Waals surface area contributed by atoms with Crippen molar-refractivity contribution in [2.75, 3.05) is 6.61 Å². The maximum Gasteiger partial charge on any atom is 0.153 e. The number of hydrogen-bond acceptors (Lipinski definition) is 3. The zero-order valence-electron chi connectivity index (χ0n) is 9.58. The smallest absolute Gasteiger partial charge is 0.153 e. The predicted molar refractivity (Wildman–Crippen MR) is 61.7 cm³/mol. The van der Waals surface area contributed by atoms with Crippen molar-refractivity contribution in [1.29, 1.82) is 0 Å². The van der Waals surface area contributed by atoms with Crippen LogP contribution in [0.2, 0.25) is 0 Å². The van der Waals surface area contributed by atoms with Crippen molar-refractivity contribution in [3.05, 3.63) is 0 Å². The third-order valence-corrected chi connectivity index (χ3v) is 3.86. The predicted octanol–water partition coefficient (Wildman–Crippen LogP) is 1.26. The summed E-state index contributed by atoms with van der Waals surface area (Å²) >= 11 is 0. The van der Waals surface area contributed by atoms with Gasteiger partial charge in [-0.1, -0.05) is 0 Å². The minimum Gasteiger partial charge on any atom is -0.375 e. The molecule has 3 heteroatoms. The van der Waals surface area contributed by atoms with Crippen molar-refractivity contribution in [3.63, 3.8) is 0 Å². The zero-order valence-corrected chi connectivity index (χ0v) is 9.58. The SMILES string of the molecule is C#CCC(N)C(=O)C1CCOC2(CCC2)C1. The van der Waals surface area contributed by atoms with Crippen LogP contribution < -0.4 is 5.73 Å². The molecule has 1 saturated carbocycles. The summed E-state index contributed by atoms with van der Waals surface area (Å²) in [5, 5.41) is 0. The molecule has 2 N–H and O–H groups in total. The fraction of sp³-hybridized carbons (Fsp3) is 0.769. The Kier molecular flexibility index (Phi) is 3.32. The molecule has 0 aromatic heterocycles. The van der Waals surface area contributed by atoms with Gasteiger partial charge in [0.2, 0.25) is 0 Å². The molecule has 2 unspecified atom stereocenters. The topological polar surface area (TPSA) is 52.3 Å². The van der Waals surface area contributed by atoms with Gasteiger partial charge in [0.15, 0.2) is 5.78 Å². The van der Waals surface area contributed by atoms with Crippen molar-refractivity contribution in [1.82, 2.24) is 0 Å². The Morgan fingerprint density at radius 2 is 2.38 bits per heavy atom. The van der Waals surface area contributed by atoms with Crippen LogP contribution in [0.3, 0.4) is 0 Å². The summed E-state index contributed by atoms with van der Waals surface area (Å²) in [6.45, 7) is 0.694. The molecule has 0 bridgehead atoms. The third kappa shape index (κ3) is 2.14. The Labute approximate surface area is 96.7 Å². The van der Waals surface area contributed by atoms with Crippen LogP contribution in [0.15, 0.2) is 0 Å². The van der Waals surface area contributed by atoms with Crippen molar-refractivity contribution in [2.24, 2.45) is 11.7 Å². The maximum absolute atomic E-state index is 12.0. The number of Topliss-reactive ketones (excluding diaryl/α,β-unsaturated/α-hetero) is 1. The van der Waals surface area contributed by atoms with Crippen LogP contribution in [-0.4, -0.2) is 24.0 Å². The lowest BCUT2D eigenvalue weighted by atomic mass is 9.70. The summed E-state index contributed by atoms with van der Waals surface area (Å²) in [5.74, 6) is 2.66. The molecule has 2 rings (SSSR count). The number of hydrogen-bond donors (Lipinski definition) is 1. The van der Waals surface area contributed by atoms with Crippen molar-refractivity contribution < 1.29 is 9.53 Å². The van der Waals surface area contributed by atoms with E-state index in [1.807, 2.05) is 0 Å². The van der Waals surface area contributed by atoms with Crippen LogP contribution >= 0.6 is 0 Å². The van der Waals surface area contributed by atoms with Gasteiger partial charge in [-0.15, -0.1) is 12.3 Å². The quantitative estimate of drug-likeness (QED) is 0.730. The van der Waals surface area contributed by atoms with Crippen LogP contribution in [0, 0.1) is 18.3 Å². The van der Waals surface area contributed by atoms with Gasteiger partial charge in [-0.2, -0.15) is 0 Å². The standard InChI is InChI=1S/C13H19NO2/c1-2-4-11(14)12(15)10-5-8-16-13(9-10)6-3-7-13/h1,10-11H,3-9,14H2. The number of nitrogens with two attached hydrogens (primary N) is 1. The molecule has 0 radical (unpaired) electrons. The van der Waals surface area contributed by atoms with E-state index in [4.69, 9.17) is 16.9 Å². The molecular formula is C13H19NO2. The fourth-order valence-corrected chi connectivity index (χ4v) is 2.72. The lowest BCUT2D eigenvalue weighted by molar-refractivity contribution is -0.156. The molecule has 16 heavy (non-hydrogen) atoms. The van der Waals surface area contributed by atoms with Crippen LogP contribution in [0.5, 0.6) is 0 Å². The number of rotatable bonds is 3. The first-order valence-corrected chi connectivity index (χ1v) is 6.04. The highest BCUT2D eigenvalue weighted by Crippen LogP contribution is 2.44. The fourth-order valence-electron chi connectivity index (χ4n) is 2.72.